The van der Waals surface area contributed by atoms with E-state index in [2.05, 4.69) is 42.7 Å². The summed E-state index contributed by atoms with van der Waals surface area (Å²) in [4.78, 5) is 8.45. The highest BCUT2D eigenvalue weighted by atomic mass is 16.5. The topological polar surface area (TPSA) is 105 Å². The van der Waals surface area contributed by atoms with E-state index in [1.54, 1.807) is 7.11 Å². The van der Waals surface area contributed by atoms with Gasteiger partial charge in [-0.2, -0.15) is 5.10 Å². The molecule has 5 heterocycles. The molecule has 9 nitrogen and oxygen atoms in total. The molecule has 1 atom stereocenters. The number of nitrogens with one attached hydrogen (secondary N) is 3. The first kappa shape index (κ1) is 19.9. The van der Waals surface area contributed by atoms with Crippen molar-refractivity contribution in [1.82, 2.24) is 19.9 Å². The van der Waals surface area contributed by atoms with Crippen molar-refractivity contribution in [3.8, 4) is 16.9 Å². The van der Waals surface area contributed by atoms with Crippen LogP contribution in [0, 0.1) is 13.8 Å². The number of methoxy groups -OCH3 is 1. The van der Waals surface area contributed by atoms with Gasteiger partial charge >= 0.3 is 0 Å². The SMILES string of the molecule is COc1cc2c3c([nH]c2cc1-c1c(C)noc1C)NC(C)N=C3Nc1cnn2c1CCCC2. The monoisotopic (exact) mass is 445 g/mol. The average Bonchev–Trinajstić information content (AvgIpc) is 3.47. The zero-order valence-electron chi connectivity index (χ0n) is 19.2. The van der Waals surface area contributed by atoms with E-state index in [9.17, 15) is 0 Å². The van der Waals surface area contributed by atoms with Crippen LogP contribution in [0.4, 0.5) is 11.5 Å². The second-order valence-corrected chi connectivity index (χ2v) is 8.78. The third-order valence-electron chi connectivity index (χ3n) is 6.57. The number of aryl methyl sites for hydroxylation is 3. The van der Waals surface area contributed by atoms with Crippen molar-refractivity contribution in [3.05, 3.63) is 41.0 Å². The summed E-state index contributed by atoms with van der Waals surface area (Å²) in [6.07, 6.45) is 5.24. The molecular formula is C24H27N7O2. The van der Waals surface area contributed by atoms with Crippen molar-refractivity contribution in [2.24, 2.45) is 4.99 Å². The molecule has 3 aromatic heterocycles. The lowest BCUT2D eigenvalue weighted by atomic mass is 10.00. The summed E-state index contributed by atoms with van der Waals surface area (Å²) < 4.78 is 13.3. The van der Waals surface area contributed by atoms with E-state index < -0.39 is 0 Å². The Hall–Kier alpha value is -3.75. The number of hydrogen-bond acceptors (Lipinski definition) is 7. The number of amidine groups is 1. The zero-order valence-corrected chi connectivity index (χ0v) is 19.2. The highest BCUT2D eigenvalue weighted by Gasteiger charge is 2.27. The molecule has 2 aliphatic heterocycles. The molecule has 0 spiro atoms. The fourth-order valence-electron chi connectivity index (χ4n) is 5.06. The maximum Gasteiger partial charge on any atom is 0.141 e. The van der Waals surface area contributed by atoms with Crippen LogP contribution < -0.4 is 15.4 Å². The van der Waals surface area contributed by atoms with Gasteiger partial charge in [0, 0.05) is 23.0 Å². The van der Waals surface area contributed by atoms with Gasteiger partial charge in [0.15, 0.2) is 0 Å². The van der Waals surface area contributed by atoms with Crippen molar-refractivity contribution >= 4 is 28.2 Å². The average molecular weight is 446 g/mol. The number of aromatic amines is 1. The molecule has 0 bridgehead atoms. The number of aromatic nitrogens is 4. The van der Waals surface area contributed by atoms with Crippen LogP contribution in [0.15, 0.2) is 27.8 Å². The normalized spacial score (nSPS) is 17.3. The highest BCUT2D eigenvalue weighted by molar-refractivity contribution is 6.21. The number of aliphatic imine (C=N–C) groups is 1. The Bertz CT molecular complexity index is 1390. The number of H-pyrrole nitrogens is 1. The second kappa shape index (κ2) is 7.40. The lowest BCUT2D eigenvalue weighted by molar-refractivity contribution is 0.393. The molecule has 0 aliphatic carbocycles. The Morgan fingerprint density at radius 1 is 1.21 bits per heavy atom. The first-order valence-corrected chi connectivity index (χ1v) is 11.4. The summed E-state index contributed by atoms with van der Waals surface area (Å²) in [5.41, 5.74) is 7.01. The molecule has 170 valence electrons. The van der Waals surface area contributed by atoms with Crippen LogP contribution in [0.5, 0.6) is 5.75 Å². The highest BCUT2D eigenvalue weighted by Crippen LogP contribution is 2.41. The zero-order chi connectivity index (χ0) is 22.7. The van der Waals surface area contributed by atoms with Gasteiger partial charge in [0.1, 0.15) is 29.3 Å². The first-order chi connectivity index (χ1) is 16.0. The molecule has 6 rings (SSSR count). The molecule has 3 N–H and O–H groups in total. The largest absolute Gasteiger partial charge is 0.496 e. The van der Waals surface area contributed by atoms with Crippen LogP contribution in [-0.4, -0.2) is 39.0 Å². The van der Waals surface area contributed by atoms with E-state index in [0.717, 1.165) is 75.1 Å². The molecule has 1 unspecified atom stereocenters. The molecule has 9 heteroatoms. The van der Waals surface area contributed by atoms with Gasteiger partial charge in [-0.05, 0) is 52.2 Å². The molecule has 2 aliphatic rings. The predicted molar refractivity (Wildman–Crippen MR) is 128 cm³/mol. The Morgan fingerprint density at radius 2 is 2.09 bits per heavy atom. The molecular weight excluding hydrogens is 418 g/mol. The van der Waals surface area contributed by atoms with E-state index in [1.165, 1.54) is 18.5 Å². The molecule has 0 radical (unpaired) electrons. The summed E-state index contributed by atoms with van der Waals surface area (Å²) in [5.74, 6) is 3.30. The third-order valence-corrected chi connectivity index (χ3v) is 6.57. The number of hydrogen-bond donors (Lipinski definition) is 3. The van der Waals surface area contributed by atoms with Gasteiger partial charge in [0.25, 0.3) is 0 Å². The van der Waals surface area contributed by atoms with E-state index in [0.29, 0.717) is 0 Å². The number of fused-ring (bicyclic) bond motifs is 4. The maximum atomic E-state index is 5.81. The lowest BCUT2D eigenvalue weighted by Gasteiger charge is -2.22. The van der Waals surface area contributed by atoms with Gasteiger partial charge in [0.2, 0.25) is 0 Å². The summed E-state index contributed by atoms with van der Waals surface area (Å²) >= 11 is 0. The molecule has 4 aromatic rings. The van der Waals surface area contributed by atoms with Crippen LogP contribution in [-0.2, 0) is 13.0 Å². The Kier molecular flexibility index (Phi) is 4.46. The van der Waals surface area contributed by atoms with Crippen molar-refractivity contribution in [2.45, 2.75) is 52.7 Å². The molecule has 1 aromatic carbocycles. The molecule has 0 saturated heterocycles. The molecule has 0 saturated carbocycles. The minimum atomic E-state index is -0.0663. The first-order valence-electron chi connectivity index (χ1n) is 11.4. The minimum Gasteiger partial charge on any atom is -0.496 e. The van der Waals surface area contributed by atoms with Gasteiger partial charge in [-0.1, -0.05) is 5.16 Å². The third kappa shape index (κ3) is 3.10. The van der Waals surface area contributed by atoms with Crippen molar-refractivity contribution in [3.63, 3.8) is 0 Å². The van der Waals surface area contributed by atoms with Crippen LogP contribution in [0.3, 0.4) is 0 Å². The van der Waals surface area contributed by atoms with Crippen molar-refractivity contribution in [2.75, 3.05) is 17.7 Å². The van der Waals surface area contributed by atoms with Crippen LogP contribution in [0.1, 0.15) is 42.5 Å². The van der Waals surface area contributed by atoms with E-state index >= 15 is 0 Å². The summed E-state index contributed by atoms with van der Waals surface area (Å²) in [5, 5.41) is 16.8. The number of benzene rings is 1. The Morgan fingerprint density at radius 3 is 2.88 bits per heavy atom. The molecule has 0 fully saturated rings. The van der Waals surface area contributed by atoms with Crippen molar-refractivity contribution < 1.29 is 9.26 Å². The fraction of sp³-hybridized carbons (Fsp3) is 0.375. The number of rotatable bonds is 3. The summed E-state index contributed by atoms with van der Waals surface area (Å²) in [6.45, 7) is 6.88. The van der Waals surface area contributed by atoms with E-state index in [-0.39, 0.29) is 6.17 Å². The minimum absolute atomic E-state index is 0.0663. The number of nitrogens with zero attached hydrogens (tertiary/aromatic N) is 4. The van der Waals surface area contributed by atoms with Gasteiger partial charge in [-0.15, -0.1) is 0 Å². The molecule has 0 amide bonds. The van der Waals surface area contributed by atoms with E-state index in [4.69, 9.17) is 14.3 Å². The van der Waals surface area contributed by atoms with E-state index in [1.807, 2.05) is 27.0 Å². The van der Waals surface area contributed by atoms with Gasteiger partial charge in [-0.3, -0.25) is 4.68 Å². The Balaban J connectivity index is 1.48. The standard InChI is InChI=1S/C24H27N7O2/c1-12-21(13(2)33-30-12)16-9-17-15(10-20(16)32-4)22-23(28-17)26-14(3)27-24(22)29-18-11-25-31-8-6-5-7-19(18)31/h9-11,14,26,28H,5-8H2,1-4H3,(H,27,29). The number of ether oxygens (including phenoxy) is 1. The smallest absolute Gasteiger partial charge is 0.141 e. The van der Waals surface area contributed by atoms with Gasteiger partial charge in [-0.25, -0.2) is 4.99 Å². The van der Waals surface area contributed by atoms with Crippen LogP contribution in [0.25, 0.3) is 22.0 Å². The Labute approximate surface area is 191 Å². The van der Waals surface area contributed by atoms with Crippen molar-refractivity contribution in [1.29, 1.82) is 0 Å². The second-order valence-electron chi connectivity index (χ2n) is 8.78. The van der Waals surface area contributed by atoms with Gasteiger partial charge < -0.3 is 24.9 Å². The number of anilines is 2. The van der Waals surface area contributed by atoms with Gasteiger partial charge in [0.05, 0.1) is 41.5 Å². The summed E-state index contributed by atoms with van der Waals surface area (Å²) in [7, 11) is 1.69. The lowest BCUT2D eigenvalue weighted by Crippen LogP contribution is -2.27. The fourth-order valence-corrected chi connectivity index (χ4v) is 5.06. The predicted octanol–water partition coefficient (Wildman–Crippen LogP) is 4.61. The quantitative estimate of drug-likeness (QED) is 0.425. The summed E-state index contributed by atoms with van der Waals surface area (Å²) in [6, 6.07) is 4.17. The van der Waals surface area contributed by atoms with Crippen LogP contribution >= 0.6 is 0 Å². The van der Waals surface area contributed by atoms with Crippen LogP contribution in [0.2, 0.25) is 0 Å². The maximum absolute atomic E-state index is 5.81. The molecule has 33 heavy (non-hydrogen) atoms.